The summed E-state index contributed by atoms with van der Waals surface area (Å²) < 4.78 is 13.0. The average Bonchev–Trinajstić information content (AvgIpc) is 3.22. The van der Waals surface area contributed by atoms with Crippen LogP contribution in [-0.4, -0.2) is 48.2 Å². The second kappa shape index (κ2) is 7.44. The molecule has 27 heavy (non-hydrogen) atoms. The van der Waals surface area contributed by atoms with Gasteiger partial charge >= 0.3 is 0 Å². The topological polar surface area (TPSA) is 65.4 Å². The number of methoxy groups -OCH3 is 1. The molecule has 0 bridgehead atoms. The summed E-state index contributed by atoms with van der Waals surface area (Å²) >= 11 is 0. The fourth-order valence-electron chi connectivity index (χ4n) is 4.58. The molecule has 0 spiro atoms. The number of nitrogens with one attached hydrogen (secondary N) is 1. The lowest BCUT2D eigenvalue weighted by molar-refractivity contribution is -0.129. The van der Waals surface area contributed by atoms with Gasteiger partial charge in [-0.25, -0.2) is 4.68 Å². The fourth-order valence-corrected chi connectivity index (χ4v) is 4.58. The lowest BCUT2D eigenvalue weighted by atomic mass is 9.67. The summed E-state index contributed by atoms with van der Waals surface area (Å²) in [4.78, 5) is 12.8. The van der Waals surface area contributed by atoms with E-state index < -0.39 is 0 Å². The van der Waals surface area contributed by atoms with Crippen LogP contribution in [0.15, 0.2) is 30.3 Å². The molecule has 1 N–H and O–H groups in total. The van der Waals surface area contributed by atoms with Crippen LogP contribution < -0.4 is 5.32 Å². The van der Waals surface area contributed by atoms with Crippen molar-refractivity contribution in [1.82, 2.24) is 15.1 Å². The molecule has 4 atom stereocenters. The van der Waals surface area contributed by atoms with Gasteiger partial charge in [0.15, 0.2) is 0 Å². The number of nitrogens with zero attached hydrogens (tertiary/aromatic N) is 2. The highest BCUT2D eigenvalue weighted by Gasteiger charge is 2.54. The van der Waals surface area contributed by atoms with Crippen LogP contribution in [0.2, 0.25) is 0 Å². The minimum absolute atomic E-state index is 0.0465. The molecule has 1 aliphatic heterocycles. The number of carbonyl (C=O) groups excluding carboxylic acids is 1. The standard InChI is InChI=1S/C21H27N3O3/c1-13-17(14(2)24(23-13)15-7-5-4-6-8-15)11-19(25)22-20-16-9-10-27-21(16)18(20)12-26-3/h4-8,16,18,20-21H,9-12H2,1-3H3,(H,22,25)/t16-,18+,20-,21-/m0/s1. The number of rotatable bonds is 6. The molecule has 4 rings (SSSR count). The normalized spacial score (nSPS) is 26.5. The van der Waals surface area contributed by atoms with Gasteiger partial charge < -0.3 is 14.8 Å². The van der Waals surface area contributed by atoms with Crippen LogP contribution in [0.4, 0.5) is 0 Å². The second-order valence-corrected chi connectivity index (χ2v) is 7.57. The van der Waals surface area contributed by atoms with Crippen molar-refractivity contribution in [3.63, 3.8) is 0 Å². The van der Waals surface area contributed by atoms with Crippen molar-refractivity contribution < 1.29 is 14.3 Å². The first kappa shape index (κ1) is 18.2. The summed E-state index contributed by atoms with van der Waals surface area (Å²) in [5.74, 6) is 0.717. The number of aromatic nitrogens is 2. The number of para-hydroxylation sites is 1. The summed E-state index contributed by atoms with van der Waals surface area (Å²) in [7, 11) is 1.70. The molecule has 0 unspecified atom stereocenters. The Bertz CT molecular complexity index is 818. The zero-order valence-corrected chi connectivity index (χ0v) is 16.1. The van der Waals surface area contributed by atoms with Gasteiger partial charge in [0.05, 0.1) is 30.5 Å². The predicted octanol–water partition coefficient (Wildman–Crippen LogP) is 2.20. The Morgan fingerprint density at radius 1 is 1.33 bits per heavy atom. The Hall–Kier alpha value is -2.18. The molecule has 6 heteroatoms. The number of hydrogen-bond acceptors (Lipinski definition) is 4. The number of fused-ring (bicyclic) bond motifs is 1. The lowest BCUT2D eigenvalue weighted by Crippen LogP contribution is -2.63. The molecule has 144 valence electrons. The predicted molar refractivity (Wildman–Crippen MR) is 102 cm³/mol. The summed E-state index contributed by atoms with van der Waals surface area (Å²) in [5, 5.41) is 7.88. The molecule has 1 aromatic heterocycles. The number of aryl methyl sites for hydroxylation is 1. The van der Waals surface area contributed by atoms with E-state index in [-0.39, 0.29) is 24.0 Å². The van der Waals surface area contributed by atoms with Gasteiger partial charge in [-0.15, -0.1) is 0 Å². The van der Waals surface area contributed by atoms with Crippen LogP contribution in [0, 0.1) is 25.7 Å². The minimum atomic E-state index is 0.0465. The molecule has 1 aliphatic carbocycles. The first-order valence-electron chi connectivity index (χ1n) is 9.60. The van der Waals surface area contributed by atoms with Gasteiger partial charge in [-0.2, -0.15) is 5.10 Å². The van der Waals surface area contributed by atoms with Crippen molar-refractivity contribution in [2.24, 2.45) is 11.8 Å². The van der Waals surface area contributed by atoms with Crippen LogP contribution in [0.5, 0.6) is 0 Å². The zero-order chi connectivity index (χ0) is 19.0. The van der Waals surface area contributed by atoms with E-state index in [4.69, 9.17) is 9.47 Å². The Morgan fingerprint density at radius 2 is 2.11 bits per heavy atom. The molecule has 1 aromatic carbocycles. The molecule has 2 aliphatic rings. The van der Waals surface area contributed by atoms with Crippen molar-refractivity contribution in [3.8, 4) is 5.69 Å². The molecule has 0 radical (unpaired) electrons. The fraction of sp³-hybridized carbons (Fsp3) is 0.524. The Balaban J connectivity index is 1.46. The number of ether oxygens (including phenoxy) is 2. The number of benzene rings is 1. The average molecular weight is 369 g/mol. The maximum Gasteiger partial charge on any atom is 0.224 e. The number of carbonyl (C=O) groups is 1. The van der Waals surface area contributed by atoms with Crippen molar-refractivity contribution >= 4 is 5.91 Å². The van der Waals surface area contributed by atoms with E-state index in [9.17, 15) is 4.79 Å². The van der Waals surface area contributed by atoms with Gasteiger partial charge in [0.2, 0.25) is 5.91 Å². The molecule has 6 nitrogen and oxygen atoms in total. The molecule has 2 heterocycles. The first-order valence-corrected chi connectivity index (χ1v) is 9.60. The van der Waals surface area contributed by atoms with Crippen LogP contribution in [0.3, 0.4) is 0 Å². The molecular formula is C21H27N3O3. The quantitative estimate of drug-likeness (QED) is 0.848. The minimum Gasteiger partial charge on any atom is -0.384 e. The van der Waals surface area contributed by atoms with E-state index in [1.165, 1.54) is 0 Å². The van der Waals surface area contributed by atoms with Crippen LogP contribution in [0.1, 0.15) is 23.4 Å². The highest BCUT2D eigenvalue weighted by Crippen LogP contribution is 2.43. The molecular weight excluding hydrogens is 342 g/mol. The van der Waals surface area contributed by atoms with Crippen molar-refractivity contribution in [1.29, 1.82) is 0 Å². The molecule has 1 amide bonds. The highest BCUT2D eigenvalue weighted by molar-refractivity contribution is 5.79. The maximum atomic E-state index is 12.8. The van der Waals surface area contributed by atoms with E-state index in [1.54, 1.807) is 7.11 Å². The van der Waals surface area contributed by atoms with Crippen LogP contribution in [-0.2, 0) is 20.7 Å². The van der Waals surface area contributed by atoms with Gasteiger partial charge in [-0.3, -0.25) is 4.79 Å². The van der Waals surface area contributed by atoms with E-state index in [2.05, 4.69) is 10.4 Å². The molecule has 2 aromatic rings. The maximum absolute atomic E-state index is 12.8. The first-order chi connectivity index (χ1) is 13.1. The van der Waals surface area contributed by atoms with Crippen molar-refractivity contribution in [2.45, 2.75) is 38.8 Å². The van der Waals surface area contributed by atoms with Crippen LogP contribution in [0.25, 0.3) is 5.69 Å². The van der Waals surface area contributed by atoms with Gasteiger partial charge in [-0.1, -0.05) is 18.2 Å². The Kier molecular flexibility index (Phi) is 5.02. The third kappa shape index (κ3) is 3.28. The molecule has 2 fully saturated rings. The van der Waals surface area contributed by atoms with Crippen LogP contribution >= 0.6 is 0 Å². The Labute approximate surface area is 159 Å². The van der Waals surface area contributed by atoms with Crippen molar-refractivity contribution in [3.05, 3.63) is 47.3 Å². The molecule has 1 saturated heterocycles. The summed E-state index contributed by atoms with van der Waals surface area (Å²) in [6.07, 6.45) is 1.60. The Morgan fingerprint density at radius 3 is 2.85 bits per heavy atom. The summed E-state index contributed by atoms with van der Waals surface area (Å²) in [6.45, 7) is 5.39. The smallest absolute Gasteiger partial charge is 0.224 e. The second-order valence-electron chi connectivity index (χ2n) is 7.57. The largest absolute Gasteiger partial charge is 0.384 e. The van der Waals surface area contributed by atoms with Gasteiger partial charge in [0, 0.05) is 42.9 Å². The third-order valence-corrected chi connectivity index (χ3v) is 5.99. The monoisotopic (exact) mass is 369 g/mol. The SMILES string of the molecule is COC[C@@H]1[C@@H](NC(=O)Cc2c(C)nn(-c3ccccc3)c2C)[C@@H]2CCO[C@H]12. The van der Waals surface area contributed by atoms with Crippen molar-refractivity contribution in [2.75, 3.05) is 20.3 Å². The summed E-state index contributed by atoms with van der Waals surface area (Å²) in [5.41, 5.74) is 3.92. The summed E-state index contributed by atoms with van der Waals surface area (Å²) in [6, 6.07) is 10.2. The van der Waals surface area contributed by atoms with Gasteiger partial charge in [-0.05, 0) is 32.4 Å². The third-order valence-electron chi connectivity index (χ3n) is 5.99. The van der Waals surface area contributed by atoms with E-state index in [0.717, 1.165) is 35.7 Å². The van der Waals surface area contributed by atoms with E-state index >= 15 is 0 Å². The van der Waals surface area contributed by atoms with Gasteiger partial charge in [0.25, 0.3) is 0 Å². The molecule has 1 saturated carbocycles. The zero-order valence-electron chi connectivity index (χ0n) is 16.1. The number of hydrogen-bond donors (Lipinski definition) is 1. The van der Waals surface area contributed by atoms with E-state index in [0.29, 0.717) is 18.9 Å². The van der Waals surface area contributed by atoms with E-state index in [1.807, 2.05) is 48.9 Å². The lowest BCUT2D eigenvalue weighted by Gasteiger charge is -2.47. The number of amides is 1. The highest BCUT2D eigenvalue weighted by atomic mass is 16.5. The van der Waals surface area contributed by atoms with Gasteiger partial charge in [0.1, 0.15) is 0 Å².